The van der Waals surface area contributed by atoms with E-state index in [2.05, 4.69) is 0 Å². The number of carbonyl (C=O) groups is 2. The second-order valence-electron chi connectivity index (χ2n) is 6.52. The Morgan fingerprint density at radius 2 is 1.89 bits per heavy atom. The van der Waals surface area contributed by atoms with Gasteiger partial charge in [0.2, 0.25) is 0 Å². The maximum atomic E-state index is 12.7. The molecule has 1 fully saturated rings. The molecule has 28 heavy (non-hydrogen) atoms. The quantitative estimate of drug-likeness (QED) is 0.669. The minimum absolute atomic E-state index is 0.0611. The van der Waals surface area contributed by atoms with E-state index < -0.39 is 0 Å². The monoisotopic (exact) mass is 396 g/mol. The van der Waals surface area contributed by atoms with Crippen LogP contribution in [0, 0.1) is 6.92 Å². The number of aliphatic imine (C=N–C) groups is 1. The number of amides is 1. The predicted octanol–water partition coefficient (Wildman–Crippen LogP) is 4.62. The molecule has 1 amide bonds. The lowest BCUT2D eigenvalue weighted by Crippen LogP contribution is -2.41. The molecule has 1 heterocycles. The van der Waals surface area contributed by atoms with Gasteiger partial charge in [-0.25, -0.2) is 4.99 Å². The van der Waals surface area contributed by atoms with Gasteiger partial charge < -0.3 is 4.74 Å². The third-order valence-electron chi connectivity index (χ3n) is 4.48. The lowest BCUT2D eigenvalue weighted by molar-refractivity contribution is -0.129. The fourth-order valence-corrected chi connectivity index (χ4v) is 3.81. The Balaban J connectivity index is 1.66. The first-order chi connectivity index (χ1) is 13.6. The van der Waals surface area contributed by atoms with E-state index in [1.807, 2.05) is 38.1 Å². The summed E-state index contributed by atoms with van der Waals surface area (Å²) in [5, 5.41) is 0.720. The average molecular weight is 397 g/mol. The lowest BCUT2D eigenvalue weighted by atomic mass is 10.1. The van der Waals surface area contributed by atoms with Crippen molar-refractivity contribution in [3.8, 4) is 5.75 Å². The molecular formula is C22H24N2O3S. The number of hydrogen-bond donors (Lipinski definition) is 0. The summed E-state index contributed by atoms with van der Waals surface area (Å²) in [5.74, 6) is 1.49. The van der Waals surface area contributed by atoms with E-state index in [0.717, 1.165) is 28.6 Å². The van der Waals surface area contributed by atoms with Gasteiger partial charge >= 0.3 is 0 Å². The van der Waals surface area contributed by atoms with E-state index >= 15 is 0 Å². The normalized spacial score (nSPS) is 15.5. The number of carbonyl (C=O) groups excluding carboxylic acids is 2. The zero-order valence-electron chi connectivity index (χ0n) is 16.2. The smallest absolute Gasteiger partial charge is 0.266 e. The fourth-order valence-electron chi connectivity index (χ4n) is 2.84. The number of aryl methyl sites for hydroxylation is 1. The first-order valence-corrected chi connectivity index (χ1v) is 10.4. The Labute approximate surface area is 169 Å². The van der Waals surface area contributed by atoms with Gasteiger partial charge in [-0.2, -0.15) is 0 Å². The Morgan fingerprint density at radius 3 is 2.61 bits per heavy atom. The molecule has 1 aliphatic rings. The van der Waals surface area contributed by atoms with Crippen LogP contribution in [0.3, 0.4) is 0 Å². The van der Waals surface area contributed by atoms with Gasteiger partial charge in [0.25, 0.3) is 5.91 Å². The highest BCUT2D eigenvalue weighted by atomic mass is 32.2. The highest BCUT2D eigenvalue weighted by Crippen LogP contribution is 2.25. The van der Waals surface area contributed by atoms with Crippen LogP contribution in [0.25, 0.3) is 0 Å². The minimum Gasteiger partial charge on any atom is -0.484 e. The summed E-state index contributed by atoms with van der Waals surface area (Å²) >= 11 is 1.59. The number of para-hydroxylation sites is 1. The topological polar surface area (TPSA) is 59.0 Å². The van der Waals surface area contributed by atoms with Crippen LogP contribution >= 0.6 is 11.8 Å². The first-order valence-electron chi connectivity index (χ1n) is 9.42. The summed E-state index contributed by atoms with van der Waals surface area (Å²) in [6.45, 7) is 4.42. The van der Waals surface area contributed by atoms with Gasteiger partial charge in [0.15, 0.2) is 17.6 Å². The zero-order chi connectivity index (χ0) is 19.9. The number of rotatable bonds is 6. The van der Waals surface area contributed by atoms with Gasteiger partial charge in [-0.1, -0.05) is 36.9 Å². The lowest BCUT2D eigenvalue weighted by Gasteiger charge is -2.27. The van der Waals surface area contributed by atoms with E-state index in [4.69, 9.17) is 9.73 Å². The van der Waals surface area contributed by atoms with Crippen LogP contribution in [0.4, 0.5) is 5.69 Å². The second-order valence-corrected chi connectivity index (χ2v) is 7.58. The summed E-state index contributed by atoms with van der Waals surface area (Å²) < 4.78 is 5.64. The number of Topliss-reactive ketones (excluding diaryl/α,β-unsaturated/α-hetero) is 1. The molecule has 2 aromatic carbocycles. The fraction of sp³-hybridized carbons (Fsp3) is 0.318. The molecule has 0 atom stereocenters. The van der Waals surface area contributed by atoms with Crippen LogP contribution < -0.4 is 4.74 Å². The molecule has 2 aromatic rings. The number of nitrogens with zero attached hydrogens (tertiary/aromatic N) is 2. The van der Waals surface area contributed by atoms with Crippen molar-refractivity contribution in [2.75, 3.05) is 18.9 Å². The third-order valence-corrected chi connectivity index (χ3v) is 5.54. The van der Waals surface area contributed by atoms with Crippen LogP contribution in [0.2, 0.25) is 0 Å². The number of thioether (sulfide) groups is 1. The van der Waals surface area contributed by atoms with Crippen LogP contribution in [-0.2, 0) is 4.79 Å². The van der Waals surface area contributed by atoms with E-state index in [-0.39, 0.29) is 18.3 Å². The first kappa shape index (κ1) is 20.1. The Morgan fingerprint density at radius 1 is 1.14 bits per heavy atom. The number of ether oxygens (including phenoxy) is 1. The van der Waals surface area contributed by atoms with Crippen LogP contribution in [0.15, 0.2) is 53.5 Å². The molecule has 1 saturated heterocycles. The van der Waals surface area contributed by atoms with Crippen molar-refractivity contribution in [3.63, 3.8) is 0 Å². The van der Waals surface area contributed by atoms with Crippen LogP contribution in [0.1, 0.15) is 35.7 Å². The van der Waals surface area contributed by atoms with E-state index in [0.29, 0.717) is 24.3 Å². The van der Waals surface area contributed by atoms with Gasteiger partial charge in [0, 0.05) is 24.3 Å². The number of hydrogen-bond acceptors (Lipinski definition) is 5. The number of benzene rings is 2. The third kappa shape index (κ3) is 5.01. The molecule has 0 saturated carbocycles. The standard InChI is InChI=1S/C22H24N2O3S/c1-3-20(25)17-9-11-18(12-10-17)27-15-21(26)24-13-6-14-28-22(24)23-19-8-5-4-7-16(19)2/h4-5,7-12H,3,6,13-15H2,1-2H3. The molecule has 0 unspecified atom stereocenters. The summed E-state index contributed by atoms with van der Waals surface area (Å²) in [5.41, 5.74) is 2.61. The molecule has 5 nitrogen and oxygen atoms in total. The van der Waals surface area contributed by atoms with Crippen molar-refractivity contribution in [2.24, 2.45) is 4.99 Å². The average Bonchev–Trinajstić information content (AvgIpc) is 2.74. The zero-order valence-corrected chi connectivity index (χ0v) is 17.0. The van der Waals surface area contributed by atoms with Crippen molar-refractivity contribution in [1.29, 1.82) is 0 Å². The highest BCUT2D eigenvalue weighted by molar-refractivity contribution is 8.13. The van der Waals surface area contributed by atoms with Crippen LogP contribution in [-0.4, -0.2) is 40.7 Å². The SMILES string of the molecule is CCC(=O)c1ccc(OCC(=O)N2CCCSC2=Nc2ccccc2C)cc1. The summed E-state index contributed by atoms with van der Waals surface area (Å²) in [6.07, 6.45) is 1.39. The predicted molar refractivity (Wildman–Crippen MR) is 114 cm³/mol. The Kier molecular flexibility index (Phi) is 6.87. The number of amidine groups is 1. The van der Waals surface area contributed by atoms with Gasteiger partial charge in [0.05, 0.1) is 5.69 Å². The molecule has 146 valence electrons. The molecule has 0 bridgehead atoms. The molecule has 0 radical (unpaired) electrons. The number of ketones is 1. The van der Waals surface area contributed by atoms with Crippen molar-refractivity contribution < 1.29 is 14.3 Å². The molecule has 0 aromatic heterocycles. The van der Waals surface area contributed by atoms with Crippen LogP contribution in [0.5, 0.6) is 5.75 Å². The molecule has 1 aliphatic heterocycles. The van der Waals surface area contributed by atoms with Gasteiger partial charge in [0.1, 0.15) is 5.75 Å². The van der Waals surface area contributed by atoms with Crippen molar-refractivity contribution in [1.82, 2.24) is 4.90 Å². The second kappa shape index (κ2) is 9.55. The molecule has 3 rings (SSSR count). The van der Waals surface area contributed by atoms with Crippen molar-refractivity contribution >= 4 is 34.3 Å². The van der Waals surface area contributed by atoms with E-state index in [1.54, 1.807) is 40.9 Å². The van der Waals surface area contributed by atoms with Gasteiger partial charge in [-0.05, 0) is 49.2 Å². The summed E-state index contributed by atoms with van der Waals surface area (Å²) in [7, 11) is 0. The molecule has 0 aliphatic carbocycles. The summed E-state index contributed by atoms with van der Waals surface area (Å²) in [6, 6.07) is 14.8. The molecule has 6 heteroatoms. The van der Waals surface area contributed by atoms with Crippen molar-refractivity contribution in [2.45, 2.75) is 26.7 Å². The molecule has 0 N–H and O–H groups in total. The maximum Gasteiger partial charge on any atom is 0.266 e. The molecular weight excluding hydrogens is 372 g/mol. The minimum atomic E-state index is -0.117. The Bertz CT molecular complexity index is 878. The Hall–Kier alpha value is -2.60. The highest BCUT2D eigenvalue weighted by Gasteiger charge is 2.24. The van der Waals surface area contributed by atoms with Crippen molar-refractivity contribution in [3.05, 3.63) is 59.7 Å². The van der Waals surface area contributed by atoms with E-state index in [9.17, 15) is 9.59 Å². The molecule has 0 spiro atoms. The van der Waals surface area contributed by atoms with E-state index in [1.165, 1.54) is 0 Å². The largest absolute Gasteiger partial charge is 0.484 e. The van der Waals surface area contributed by atoms with Gasteiger partial charge in [-0.15, -0.1) is 0 Å². The summed E-state index contributed by atoms with van der Waals surface area (Å²) in [4.78, 5) is 30.8. The maximum absolute atomic E-state index is 12.7. The van der Waals surface area contributed by atoms with Gasteiger partial charge in [-0.3, -0.25) is 14.5 Å².